The summed E-state index contributed by atoms with van der Waals surface area (Å²) in [5.41, 5.74) is 5.95. The summed E-state index contributed by atoms with van der Waals surface area (Å²) in [7, 11) is 1.60. The van der Waals surface area contributed by atoms with E-state index in [0.717, 1.165) is 0 Å². The summed E-state index contributed by atoms with van der Waals surface area (Å²) in [5, 5.41) is 13.0. The largest absolute Gasteiger partial charge is 0.476 e. The summed E-state index contributed by atoms with van der Waals surface area (Å²) in [4.78, 5) is 10.8. The topological polar surface area (TPSA) is 81.1 Å². The third-order valence-corrected chi connectivity index (χ3v) is 2.51. The Morgan fingerprint density at radius 1 is 1.79 bits per heavy atom. The molecular formula is C8H12ClN3O2. The van der Waals surface area contributed by atoms with E-state index in [0.29, 0.717) is 17.3 Å². The van der Waals surface area contributed by atoms with Gasteiger partial charge in [-0.15, -0.1) is 0 Å². The smallest absolute Gasteiger partial charge is 0.356 e. The summed E-state index contributed by atoms with van der Waals surface area (Å²) < 4.78 is 1.34. The number of hydrogen-bond acceptors (Lipinski definition) is 3. The van der Waals surface area contributed by atoms with Crippen molar-refractivity contribution in [1.82, 2.24) is 9.78 Å². The van der Waals surface area contributed by atoms with E-state index >= 15 is 0 Å². The fraction of sp³-hybridized carbons (Fsp3) is 0.500. The zero-order valence-corrected chi connectivity index (χ0v) is 8.75. The highest BCUT2D eigenvalue weighted by atomic mass is 35.5. The molecule has 0 saturated carbocycles. The second-order valence-corrected chi connectivity index (χ2v) is 3.48. The molecule has 1 unspecified atom stereocenters. The van der Waals surface area contributed by atoms with E-state index in [1.807, 2.05) is 6.92 Å². The van der Waals surface area contributed by atoms with Crippen molar-refractivity contribution in [3.8, 4) is 0 Å². The number of aromatic nitrogens is 2. The first-order chi connectivity index (χ1) is 6.49. The van der Waals surface area contributed by atoms with Gasteiger partial charge in [0.1, 0.15) is 5.15 Å². The molecule has 1 heterocycles. The fourth-order valence-corrected chi connectivity index (χ4v) is 1.55. The van der Waals surface area contributed by atoms with Gasteiger partial charge in [0, 0.05) is 12.6 Å². The minimum absolute atomic E-state index is 0.0181. The lowest BCUT2D eigenvalue weighted by Crippen LogP contribution is -2.12. The first-order valence-electron chi connectivity index (χ1n) is 4.14. The van der Waals surface area contributed by atoms with Crippen molar-refractivity contribution in [2.75, 3.05) is 6.54 Å². The van der Waals surface area contributed by atoms with E-state index in [2.05, 4.69) is 5.10 Å². The lowest BCUT2D eigenvalue weighted by atomic mass is 10.0. The van der Waals surface area contributed by atoms with Crippen LogP contribution in [0.4, 0.5) is 0 Å². The molecule has 0 bridgehead atoms. The number of aromatic carboxylic acids is 1. The maximum atomic E-state index is 10.8. The molecule has 0 aromatic carbocycles. The number of aryl methyl sites for hydroxylation is 1. The number of nitrogens with zero attached hydrogens (tertiary/aromatic N) is 2. The Labute approximate surface area is 86.5 Å². The zero-order chi connectivity index (χ0) is 10.9. The molecule has 5 nitrogen and oxygen atoms in total. The van der Waals surface area contributed by atoms with Crippen LogP contribution in [0.3, 0.4) is 0 Å². The quantitative estimate of drug-likeness (QED) is 0.786. The average Bonchev–Trinajstić information content (AvgIpc) is 2.43. The lowest BCUT2D eigenvalue weighted by molar-refractivity contribution is 0.0688. The van der Waals surface area contributed by atoms with Crippen LogP contribution in [0.1, 0.15) is 28.9 Å². The van der Waals surface area contributed by atoms with Crippen LogP contribution in [0.5, 0.6) is 0 Å². The van der Waals surface area contributed by atoms with E-state index in [9.17, 15) is 4.79 Å². The molecule has 78 valence electrons. The van der Waals surface area contributed by atoms with Crippen LogP contribution in [0.25, 0.3) is 0 Å². The number of carboxylic acid groups (broad SMARTS) is 1. The second-order valence-electron chi connectivity index (χ2n) is 3.12. The van der Waals surface area contributed by atoms with Gasteiger partial charge < -0.3 is 10.8 Å². The van der Waals surface area contributed by atoms with Gasteiger partial charge >= 0.3 is 5.97 Å². The molecule has 6 heteroatoms. The summed E-state index contributed by atoms with van der Waals surface area (Å²) >= 11 is 5.91. The third kappa shape index (κ3) is 1.73. The van der Waals surface area contributed by atoms with E-state index in [1.54, 1.807) is 7.05 Å². The predicted octanol–water partition coefficient (Wildman–Crippen LogP) is 0.834. The monoisotopic (exact) mass is 217 g/mol. The Morgan fingerprint density at radius 2 is 2.36 bits per heavy atom. The molecule has 0 saturated heterocycles. The third-order valence-electron chi connectivity index (χ3n) is 2.06. The Kier molecular flexibility index (Phi) is 3.13. The predicted molar refractivity (Wildman–Crippen MR) is 52.6 cm³/mol. The van der Waals surface area contributed by atoms with E-state index in [4.69, 9.17) is 22.4 Å². The molecule has 1 aromatic rings. The van der Waals surface area contributed by atoms with Gasteiger partial charge in [-0.2, -0.15) is 5.10 Å². The molecule has 1 atom stereocenters. The molecule has 0 aliphatic heterocycles. The molecule has 0 aliphatic carbocycles. The molecule has 0 amide bonds. The van der Waals surface area contributed by atoms with Crippen molar-refractivity contribution < 1.29 is 9.90 Å². The first-order valence-corrected chi connectivity index (χ1v) is 4.52. The van der Waals surface area contributed by atoms with Crippen LogP contribution >= 0.6 is 11.6 Å². The standard InChI is InChI=1S/C8H12ClN3O2/c1-4(3-10)5-6(8(13)14)11-12(2)7(5)9/h4H,3,10H2,1-2H3,(H,13,14). The SMILES string of the molecule is CC(CN)c1c(C(=O)O)nn(C)c1Cl. The van der Waals surface area contributed by atoms with Crippen molar-refractivity contribution in [3.63, 3.8) is 0 Å². The summed E-state index contributed by atoms with van der Waals surface area (Å²) in [6, 6.07) is 0. The fourth-order valence-electron chi connectivity index (χ4n) is 1.23. The van der Waals surface area contributed by atoms with Gasteiger partial charge in [0.15, 0.2) is 5.69 Å². The van der Waals surface area contributed by atoms with Gasteiger partial charge in [0.05, 0.1) is 0 Å². The van der Waals surface area contributed by atoms with Crippen LogP contribution < -0.4 is 5.73 Å². The highest BCUT2D eigenvalue weighted by molar-refractivity contribution is 6.30. The number of nitrogens with two attached hydrogens (primary N) is 1. The van der Waals surface area contributed by atoms with Gasteiger partial charge in [-0.05, 0) is 12.5 Å². The molecule has 0 fully saturated rings. The normalized spacial score (nSPS) is 12.9. The van der Waals surface area contributed by atoms with Crippen LogP contribution in [-0.4, -0.2) is 27.4 Å². The molecule has 0 spiro atoms. The van der Waals surface area contributed by atoms with Crippen molar-refractivity contribution in [1.29, 1.82) is 0 Å². The van der Waals surface area contributed by atoms with E-state index in [-0.39, 0.29) is 11.6 Å². The molecule has 0 aliphatic rings. The Hall–Kier alpha value is -1.07. The average molecular weight is 218 g/mol. The van der Waals surface area contributed by atoms with Crippen molar-refractivity contribution in [3.05, 3.63) is 16.4 Å². The van der Waals surface area contributed by atoms with Gasteiger partial charge in [-0.1, -0.05) is 18.5 Å². The zero-order valence-electron chi connectivity index (χ0n) is 7.99. The number of carboxylic acids is 1. The molecule has 1 aromatic heterocycles. The van der Waals surface area contributed by atoms with Gasteiger partial charge in [-0.3, -0.25) is 4.68 Å². The maximum Gasteiger partial charge on any atom is 0.356 e. The first kappa shape index (κ1) is 11.0. The Morgan fingerprint density at radius 3 is 2.79 bits per heavy atom. The Balaban J connectivity index is 3.30. The molecule has 1 rings (SSSR count). The minimum Gasteiger partial charge on any atom is -0.476 e. The van der Waals surface area contributed by atoms with Gasteiger partial charge in [-0.25, -0.2) is 4.79 Å². The Bertz CT molecular complexity index is 362. The summed E-state index contributed by atoms with van der Waals surface area (Å²) in [6.07, 6.45) is 0. The van der Waals surface area contributed by atoms with Crippen LogP contribution in [0.15, 0.2) is 0 Å². The molecule has 14 heavy (non-hydrogen) atoms. The second kappa shape index (κ2) is 3.98. The number of hydrogen-bond donors (Lipinski definition) is 2. The lowest BCUT2D eigenvalue weighted by Gasteiger charge is -2.07. The van der Waals surface area contributed by atoms with Gasteiger partial charge in [0.25, 0.3) is 0 Å². The number of halogens is 1. The highest BCUT2D eigenvalue weighted by Crippen LogP contribution is 2.26. The van der Waals surface area contributed by atoms with Crippen LogP contribution in [0.2, 0.25) is 5.15 Å². The van der Waals surface area contributed by atoms with Crippen molar-refractivity contribution >= 4 is 17.6 Å². The van der Waals surface area contributed by atoms with Gasteiger partial charge in [0.2, 0.25) is 0 Å². The van der Waals surface area contributed by atoms with Crippen molar-refractivity contribution in [2.24, 2.45) is 12.8 Å². The number of carbonyl (C=O) groups is 1. The van der Waals surface area contributed by atoms with Crippen molar-refractivity contribution in [2.45, 2.75) is 12.8 Å². The molecule has 0 radical (unpaired) electrons. The number of rotatable bonds is 3. The maximum absolute atomic E-state index is 10.8. The highest BCUT2D eigenvalue weighted by Gasteiger charge is 2.23. The minimum atomic E-state index is -1.08. The van der Waals surface area contributed by atoms with Crippen LogP contribution in [0, 0.1) is 0 Å². The summed E-state index contributed by atoms with van der Waals surface area (Å²) in [5.74, 6) is -1.19. The molecule has 3 N–H and O–H groups in total. The van der Waals surface area contributed by atoms with Crippen LogP contribution in [-0.2, 0) is 7.05 Å². The van der Waals surface area contributed by atoms with E-state index in [1.165, 1.54) is 4.68 Å². The summed E-state index contributed by atoms with van der Waals surface area (Å²) in [6.45, 7) is 2.15. The van der Waals surface area contributed by atoms with E-state index < -0.39 is 5.97 Å². The molecular weight excluding hydrogens is 206 g/mol.